The van der Waals surface area contributed by atoms with Crippen LogP contribution in [0.15, 0.2) is 41.5 Å². The quantitative estimate of drug-likeness (QED) is 0.469. The normalized spacial score (nSPS) is 11.0. The number of ether oxygens (including phenoxy) is 3. The third kappa shape index (κ3) is 4.17. The van der Waals surface area contributed by atoms with E-state index in [1.54, 1.807) is 38.5 Å². The van der Waals surface area contributed by atoms with Gasteiger partial charge in [0, 0.05) is 17.7 Å². The van der Waals surface area contributed by atoms with Gasteiger partial charge in [0.05, 0.1) is 37.7 Å². The van der Waals surface area contributed by atoms with Crippen LogP contribution in [0.2, 0.25) is 0 Å². The van der Waals surface area contributed by atoms with Crippen molar-refractivity contribution in [1.29, 1.82) is 0 Å². The number of non-ortho nitro benzene ring substituents is 1. The standard InChI is InChI=1S/C17H19N3O5/c1-11(18-19-13-5-7-14(8-6-13)20(21)22)12-9-15(23-2)17(25-4)16(10-12)24-3/h5-10,19H,1-4H3. The van der Waals surface area contributed by atoms with E-state index < -0.39 is 4.92 Å². The predicted molar refractivity (Wildman–Crippen MR) is 95.0 cm³/mol. The third-order valence-electron chi connectivity index (χ3n) is 3.51. The minimum absolute atomic E-state index is 0.0240. The highest BCUT2D eigenvalue weighted by Crippen LogP contribution is 2.38. The van der Waals surface area contributed by atoms with Crippen LogP contribution >= 0.6 is 0 Å². The van der Waals surface area contributed by atoms with Crippen molar-refractivity contribution in [3.63, 3.8) is 0 Å². The number of hydrazone groups is 1. The van der Waals surface area contributed by atoms with Crippen LogP contribution in [0.25, 0.3) is 0 Å². The van der Waals surface area contributed by atoms with E-state index in [-0.39, 0.29) is 5.69 Å². The van der Waals surface area contributed by atoms with Crippen LogP contribution in [0, 0.1) is 10.1 Å². The summed E-state index contributed by atoms with van der Waals surface area (Å²) < 4.78 is 15.9. The highest BCUT2D eigenvalue weighted by molar-refractivity contribution is 6.00. The maximum Gasteiger partial charge on any atom is 0.269 e. The van der Waals surface area contributed by atoms with E-state index in [1.165, 1.54) is 19.2 Å². The molecular formula is C17H19N3O5. The molecule has 0 atom stereocenters. The summed E-state index contributed by atoms with van der Waals surface area (Å²) in [6.07, 6.45) is 0. The van der Waals surface area contributed by atoms with Crippen LogP contribution < -0.4 is 19.6 Å². The third-order valence-corrected chi connectivity index (χ3v) is 3.51. The molecule has 25 heavy (non-hydrogen) atoms. The first-order valence-corrected chi connectivity index (χ1v) is 7.35. The Morgan fingerprint density at radius 2 is 1.60 bits per heavy atom. The van der Waals surface area contributed by atoms with Gasteiger partial charge in [-0.3, -0.25) is 15.5 Å². The molecule has 0 saturated carbocycles. The molecule has 0 aliphatic carbocycles. The summed E-state index contributed by atoms with van der Waals surface area (Å²) in [6.45, 7) is 1.82. The van der Waals surface area contributed by atoms with Gasteiger partial charge >= 0.3 is 0 Å². The minimum Gasteiger partial charge on any atom is -0.493 e. The number of nitro benzene ring substituents is 1. The van der Waals surface area contributed by atoms with E-state index in [0.29, 0.717) is 28.6 Å². The molecule has 0 amide bonds. The van der Waals surface area contributed by atoms with E-state index in [9.17, 15) is 10.1 Å². The number of nitrogens with one attached hydrogen (secondary N) is 1. The molecule has 8 nitrogen and oxygen atoms in total. The summed E-state index contributed by atoms with van der Waals surface area (Å²) >= 11 is 0. The summed E-state index contributed by atoms with van der Waals surface area (Å²) in [7, 11) is 4.63. The number of nitrogens with zero attached hydrogens (tertiary/aromatic N) is 2. The molecule has 0 unspecified atom stereocenters. The first-order valence-electron chi connectivity index (χ1n) is 7.35. The van der Waals surface area contributed by atoms with Crippen molar-refractivity contribution in [1.82, 2.24) is 0 Å². The zero-order valence-electron chi connectivity index (χ0n) is 14.4. The topological polar surface area (TPSA) is 95.2 Å². The second-order valence-electron chi connectivity index (χ2n) is 5.03. The Labute approximate surface area is 145 Å². The van der Waals surface area contributed by atoms with Gasteiger partial charge in [-0.05, 0) is 31.2 Å². The van der Waals surface area contributed by atoms with Crippen molar-refractivity contribution in [2.75, 3.05) is 26.8 Å². The van der Waals surface area contributed by atoms with E-state index in [4.69, 9.17) is 14.2 Å². The molecule has 0 bridgehead atoms. The zero-order valence-corrected chi connectivity index (χ0v) is 14.4. The summed E-state index contributed by atoms with van der Waals surface area (Å²) in [6, 6.07) is 9.57. The van der Waals surface area contributed by atoms with Gasteiger partial charge in [-0.25, -0.2) is 0 Å². The van der Waals surface area contributed by atoms with E-state index in [2.05, 4.69) is 10.5 Å². The number of methoxy groups -OCH3 is 3. The van der Waals surface area contributed by atoms with E-state index in [1.807, 2.05) is 6.92 Å². The van der Waals surface area contributed by atoms with Crippen molar-refractivity contribution in [3.05, 3.63) is 52.1 Å². The molecule has 8 heteroatoms. The average Bonchev–Trinajstić information content (AvgIpc) is 2.64. The molecule has 2 aromatic carbocycles. The molecule has 0 aliphatic heterocycles. The largest absolute Gasteiger partial charge is 0.493 e. The second-order valence-corrected chi connectivity index (χ2v) is 5.03. The first-order chi connectivity index (χ1) is 12.0. The van der Waals surface area contributed by atoms with Gasteiger partial charge in [0.1, 0.15) is 0 Å². The Morgan fingerprint density at radius 1 is 1.04 bits per heavy atom. The maximum absolute atomic E-state index is 10.7. The SMILES string of the molecule is COc1cc(C(C)=NNc2ccc([N+](=O)[O-])cc2)cc(OC)c1OC. The van der Waals surface area contributed by atoms with Crippen molar-refractivity contribution < 1.29 is 19.1 Å². The number of anilines is 1. The lowest BCUT2D eigenvalue weighted by Crippen LogP contribution is -2.03. The fourth-order valence-corrected chi connectivity index (χ4v) is 2.16. The monoisotopic (exact) mass is 345 g/mol. The zero-order chi connectivity index (χ0) is 18.4. The van der Waals surface area contributed by atoms with Crippen LogP contribution in [-0.2, 0) is 0 Å². The molecule has 2 aromatic rings. The number of hydrogen-bond donors (Lipinski definition) is 1. The first kappa shape index (κ1) is 18.1. The summed E-state index contributed by atoms with van der Waals surface area (Å²) in [5, 5.41) is 15.0. The van der Waals surface area contributed by atoms with Crippen molar-refractivity contribution in [2.45, 2.75) is 6.92 Å². The van der Waals surface area contributed by atoms with Crippen molar-refractivity contribution >= 4 is 17.1 Å². The second kappa shape index (κ2) is 8.00. The number of rotatable bonds is 7. The summed E-state index contributed by atoms with van der Waals surface area (Å²) in [4.78, 5) is 10.2. The summed E-state index contributed by atoms with van der Waals surface area (Å²) in [5.74, 6) is 1.56. The Kier molecular flexibility index (Phi) is 5.78. The smallest absolute Gasteiger partial charge is 0.269 e. The highest BCUT2D eigenvalue weighted by atomic mass is 16.6. The molecule has 0 saturated heterocycles. The van der Waals surface area contributed by atoms with Gasteiger partial charge in [-0.2, -0.15) is 5.10 Å². The molecule has 132 valence electrons. The fourth-order valence-electron chi connectivity index (χ4n) is 2.16. The maximum atomic E-state index is 10.7. The molecule has 0 aromatic heterocycles. The molecule has 0 radical (unpaired) electrons. The van der Waals surface area contributed by atoms with Gasteiger partial charge in [0.15, 0.2) is 11.5 Å². The predicted octanol–water partition coefficient (Wildman–Crippen LogP) is 3.46. The highest BCUT2D eigenvalue weighted by Gasteiger charge is 2.14. The number of nitro groups is 1. The van der Waals surface area contributed by atoms with Crippen LogP contribution in [0.3, 0.4) is 0 Å². The van der Waals surface area contributed by atoms with Crippen LogP contribution in [0.1, 0.15) is 12.5 Å². The number of hydrogen-bond acceptors (Lipinski definition) is 7. The van der Waals surface area contributed by atoms with Crippen LogP contribution in [0.5, 0.6) is 17.2 Å². The van der Waals surface area contributed by atoms with Crippen molar-refractivity contribution in [3.8, 4) is 17.2 Å². The molecule has 0 heterocycles. The van der Waals surface area contributed by atoms with E-state index in [0.717, 1.165) is 5.56 Å². The Morgan fingerprint density at radius 3 is 2.04 bits per heavy atom. The molecular weight excluding hydrogens is 326 g/mol. The van der Waals surface area contributed by atoms with Gasteiger partial charge in [-0.1, -0.05) is 0 Å². The molecule has 1 N–H and O–H groups in total. The Balaban J connectivity index is 2.25. The lowest BCUT2D eigenvalue weighted by atomic mass is 10.1. The lowest BCUT2D eigenvalue weighted by molar-refractivity contribution is -0.384. The van der Waals surface area contributed by atoms with Gasteiger partial charge < -0.3 is 14.2 Å². The molecule has 0 aliphatic rings. The van der Waals surface area contributed by atoms with E-state index >= 15 is 0 Å². The van der Waals surface area contributed by atoms with Gasteiger partial charge in [-0.15, -0.1) is 0 Å². The van der Waals surface area contributed by atoms with Crippen molar-refractivity contribution in [2.24, 2.45) is 5.10 Å². The molecule has 0 spiro atoms. The van der Waals surface area contributed by atoms with Gasteiger partial charge in [0.2, 0.25) is 5.75 Å². The minimum atomic E-state index is -0.450. The number of benzene rings is 2. The molecule has 0 fully saturated rings. The fraction of sp³-hybridized carbons (Fsp3) is 0.235. The average molecular weight is 345 g/mol. The van der Waals surface area contributed by atoms with Gasteiger partial charge in [0.25, 0.3) is 5.69 Å². The lowest BCUT2D eigenvalue weighted by Gasteiger charge is -2.14. The Bertz CT molecular complexity index is 762. The Hall–Kier alpha value is -3.29. The van der Waals surface area contributed by atoms with Crippen LogP contribution in [0.4, 0.5) is 11.4 Å². The summed E-state index contributed by atoms with van der Waals surface area (Å²) in [5.41, 5.74) is 4.99. The van der Waals surface area contributed by atoms with Crippen LogP contribution in [-0.4, -0.2) is 32.0 Å². The molecule has 2 rings (SSSR count).